The first kappa shape index (κ1) is 14.0. The zero-order valence-corrected chi connectivity index (χ0v) is 11.4. The van der Waals surface area contributed by atoms with Crippen LogP contribution in [0.1, 0.15) is 0 Å². The minimum atomic E-state index is -3.31. The van der Waals surface area contributed by atoms with Crippen molar-refractivity contribution in [2.24, 2.45) is 5.84 Å². The number of nitrogens with two attached hydrogens (primary N) is 2. The lowest BCUT2D eigenvalue weighted by Gasteiger charge is -2.08. The van der Waals surface area contributed by atoms with E-state index < -0.39 is 9.84 Å². The molecule has 1 aromatic heterocycles. The highest BCUT2D eigenvalue weighted by molar-refractivity contribution is 7.90. The highest BCUT2D eigenvalue weighted by atomic mass is 32.2. The number of hydrazine groups is 1. The lowest BCUT2D eigenvalue weighted by Crippen LogP contribution is -2.10. The van der Waals surface area contributed by atoms with Crippen molar-refractivity contribution >= 4 is 21.6 Å². The quantitative estimate of drug-likeness (QED) is 0.549. The molecule has 0 atom stereocenters. The van der Waals surface area contributed by atoms with E-state index in [1.54, 1.807) is 12.1 Å². The maximum Gasteiger partial charge on any atom is 0.226 e. The highest BCUT2D eigenvalue weighted by Gasteiger charge is 2.09. The minimum absolute atomic E-state index is 0.0188. The van der Waals surface area contributed by atoms with Gasteiger partial charge in [-0.15, -0.1) is 0 Å². The summed E-state index contributed by atoms with van der Waals surface area (Å²) in [7, 11) is -3.31. The van der Waals surface area contributed by atoms with E-state index in [4.69, 9.17) is 16.3 Å². The molecule has 20 heavy (non-hydrogen) atoms. The summed E-state index contributed by atoms with van der Waals surface area (Å²) in [6.45, 7) is 0. The molecule has 2 rings (SSSR count). The van der Waals surface area contributed by atoms with Crippen LogP contribution in [0.5, 0.6) is 11.6 Å². The predicted octanol–water partition coefficient (Wildman–Crippen LogP) is 0.540. The van der Waals surface area contributed by atoms with Crippen molar-refractivity contribution in [2.45, 2.75) is 4.90 Å². The fourth-order valence-corrected chi connectivity index (χ4v) is 2.11. The molecule has 0 unspecified atom stereocenters. The van der Waals surface area contributed by atoms with Gasteiger partial charge in [0.1, 0.15) is 11.6 Å². The summed E-state index contributed by atoms with van der Waals surface area (Å²) in [6.07, 6.45) is 1.12. The molecule has 106 valence electrons. The Hall–Kier alpha value is -2.39. The van der Waals surface area contributed by atoms with E-state index >= 15 is 0 Å². The molecule has 0 saturated heterocycles. The minimum Gasteiger partial charge on any atom is -0.439 e. The standard InChI is InChI=1S/C11H13N5O3S/c1-20(17,18)8-4-2-3-7(5-8)19-10-6-9(16-13)14-11(12)15-10/h2-6H,13H2,1H3,(H3,12,14,15,16). The maximum atomic E-state index is 11.5. The zero-order chi connectivity index (χ0) is 14.8. The molecule has 1 heterocycles. The third-order valence-electron chi connectivity index (χ3n) is 2.32. The number of nitrogens with zero attached hydrogens (tertiary/aromatic N) is 2. The Balaban J connectivity index is 2.33. The zero-order valence-electron chi connectivity index (χ0n) is 10.6. The van der Waals surface area contributed by atoms with Crippen molar-refractivity contribution in [1.29, 1.82) is 0 Å². The van der Waals surface area contributed by atoms with Crippen LogP contribution in [0, 0.1) is 0 Å². The second kappa shape index (κ2) is 5.31. The highest BCUT2D eigenvalue weighted by Crippen LogP contribution is 2.24. The Morgan fingerprint density at radius 1 is 1.25 bits per heavy atom. The average molecular weight is 295 g/mol. The summed E-state index contributed by atoms with van der Waals surface area (Å²) in [5.74, 6) is 5.96. The molecule has 0 aliphatic rings. The molecule has 2 aromatic rings. The number of rotatable bonds is 4. The normalized spacial score (nSPS) is 11.1. The van der Waals surface area contributed by atoms with Crippen molar-refractivity contribution in [1.82, 2.24) is 9.97 Å². The first-order chi connectivity index (χ1) is 9.38. The Morgan fingerprint density at radius 2 is 2.00 bits per heavy atom. The maximum absolute atomic E-state index is 11.5. The van der Waals surface area contributed by atoms with Gasteiger partial charge in [-0.2, -0.15) is 9.97 Å². The number of nitrogens with one attached hydrogen (secondary N) is 1. The second-order valence-corrected chi connectivity index (χ2v) is 5.96. The van der Waals surface area contributed by atoms with Crippen molar-refractivity contribution in [3.8, 4) is 11.6 Å². The monoisotopic (exact) mass is 295 g/mol. The summed E-state index contributed by atoms with van der Waals surface area (Å²) in [5, 5.41) is 0. The molecule has 0 aliphatic heterocycles. The molecule has 1 aromatic carbocycles. The molecule has 9 heteroatoms. The predicted molar refractivity (Wildman–Crippen MR) is 73.9 cm³/mol. The van der Waals surface area contributed by atoms with Crippen LogP contribution in [0.15, 0.2) is 35.2 Å². The summed E-state index contributed by atoms with van der Waals surface area (Å²) in [6, 6.07) is 7.47. The molecule has 8 nitrogen and oxygen atoms in total. The number of nitrogen functional groups attached to an aromatic ring is 2. The number of benzene rings is 1. The molecule has 5 N–H and O–H groups in total. The summed E-state index contributed by atoms with van der Waals surface area (Å²) >= 11 is 0. The fourth-order valence-electron chi connectivity index (χ4n) is 1.46. The van der Waals surface area contributed by atoms with Crippen LogP contribution in [0.2, 0.25) is 0 Å². The first-order valence-electron chi connectivity index (χ1n) is 5.47. The van der Waals surface area contributed by atoms with Crippen LogP contribution in [0.25, 0.3) is 0 Å². The van der Waals surface area contributed by atoms with E-state index in [0.717, 1.165) is 6.26 Å². The van der Waals surface area contributed by atoms with Gasteiger partial charge < -0.3 is 15.9 Å². The van der Waals surface area contributed by atoms with Gasteiger partial charge >= 0.3 is 0 Å². The van der Waals surface area contributed by atoms with Crippen LogP contribution >= 0.6 is 0 Å². The molecule has 0 radical (unpaired) electrons. The molecule has 0 spiro atoms. The van der Waals surface area contributed by atoms with Crippen LogP contribution < -0.4 is 21.7 Å². The average Bonchev–Trinajstić information content (AvgIpc) is 2.37. The van der Waals surface area contributed by atoms with Crippen LogP contribution in [-0.2, 0) is 9.84 Å². The van der Waals surface area contributed by atoms with Crippen molar-refractivity contribution in [2.75, 3.05) is 17.4 Å². The van der Waals surface area contributed by atoms with Gasteiger partial charge in [0.25, 0.3) is 0 Å². The number of aromatic nitrogens is 2. The third kappa shape index (κ3) is 3.33. The van der Waals surface area contributed by atoms with Gasteiger partial charge in [0.2, 0.25) is 11.8 Å². The van der Waals surface area contributed by atoms with Gasteiger partial charge in [0.05, 0.1) is 4.90 Å². The third-order valence-corrected chi connectivity index (χ3v) is 3.43. The van der Waals surface area contributed by atoms with Crippen LogP contribution in [0.4, 0.5) is 11.8 Å². The topological polar surface area (TPSA) is 133 Å². The number of ether oxygens (including phenoxy) is 1. The Morgan fingerprint density at radius 3 is 2.65 bits per heavy atom. The van der Waals surface area contributed by atoms with Crippen LogP contribution in [0.3, 0.4) is 0 Å². The summed E-state index contributed by atoms with van der Waals surface area (Å²) in [5.41, 5.74) is 7.82. The molecular weight excluding hydrogens is 282 g/mol. The number of sulfone groups is 1. The largest absolute Gasteiger partial charge is 0.439 e. The van der Waals surface area contributed by atoms with Gasteiger partial charge in [-0.05, 0) is 18.2 Å². The Kier molecular flexibility index (Phi) is 3.72. The van der Waals surface area contributed by atoms with Gasteiger partial charge in [-0.25, -0.2) is 14.3 Å². The van der Waals surface area contributed by atoms with E-state index in [2.05, 4.69) is 15.4 Å². The molecule has 0 saturated carbocycles. The lowest BCUT2D eigenvalue weighted by atomic mass is 10.3. The summed E-state index contributed by atoms with van der Waals surface area (Å²) < 4.78 is 28.4. The van der Waals surface area contributed by atoms with E-state index in [0.29, 0.717) is 5.75 Å². The van der Waals surface area contributed by atoms with Gasteiger partial charge in [-0.3, -0.25) is 0 Å². The van der Waals surface area contributed by atoms with Crippen LogP contribution in [-0.4, -0.2) is 24.6 Å². The van der Waals surface area contributed by atoms with Crippen molar-refractivity contribution in [3.05, 3.63) is 30.3 Å². The number of anilines is 2. The van der Waals surface area contributed by atoms with Gasteiger partial charge in [0.15, 0.2) is 9.84 Å². The molecule has 0 fully saturated rings. The summed E-state index contributed by atoms with van der Waals surface area (Å²) in [4.78, 5) is 7.82. The first-order valence-corrected chi connectivity index (χ1v) is 7.37. The van der Waals surface area contributed by atoms with Crippen molar-refractivity contribution < 1.29 is 13.2 Å². The van der Waals surface area contributed by atoms with E-state index in [1.807, 2.05) is 0 Å². The van der Waals surface area contributed by atoms with E-state index in [9.17, 15) is 8.42 Å². The fraction of sp³-hybridized carbons (Fsp3) is 0.0909. The van der Waals surface area contributed by atoms with Gasteiger partial charge in [0, 0.05) is 12.3 Å². The SMILES string of the molecule is CS(=O)(=O)c1cccc(Oc2cc(NN)nc(N)n2)c1. The van der Waals surface area contributed by atoms with E-state index in [-0.39, 0.29) is 22.5 Å². The number of hydrogen-bond donors (Lipinski definition) is 3. The molecule has 0 amide bonds. The number of hydrogen-bond acceptors (Lipinski definition) is 8. The van der Waals surface area contributed by atoms with E-state index in [1.165, 1.54) is 18.2 Å². The smallest absolute Gasteiger partial charge is 0.226 e. The Bertz CT molecular complexity index is 733. The molecule has 0 aliphatic carbocycles. The molecule has 0 bridgehead atoms. The lowest BCUT2D eigenvalue weighted by molar-refractivity contribution is 0.461. The second-order valence-electron chi connectivity index (χ2n) is 3.94. The molecular formula is C11H13N5O3S. The Labute approximate surface area is 115 Å². The van der Waals surface area contributed by atoms with Crippen molar-refractivity contribution in [3.63, 3.8) is 0 Å². The van der Waals surface area contributed by atoms with Gasteiger partial charge in [-0.1, -0.05) is 6.07 Å².